The van der Waals surface area contributed by atoms with Gasteiger partial charge >= 0.3 is 0 Å². The highest BCUT2D eigenvalue weighted by atomic mass is 16.5. The zero-order valence-electron chi connectivity index (χ0n) is 10.6. The Balaban J connectivity index is 2.06. The van der Waals surface area contributed by atoms with E-state index in [1.807, 2.05) is 24.3 Å². The number of benzene rings is 1. The van der Waals surface area contributed by atoms with Crippen LogP contribution in [0.15, 0.2) is 42.6 Å². The molecular weight excluding hydrogens is 240 g/mol. The molecule has 1 aromatic heterocycles. The second-order valence-electron chi connectivity index (χ2n) is 4.20. The van der Waals surface area contributed by atoms with Crippen LogP contribution in [0.3, 0.4) is 0 Å². The van der Waals surface area contributed by atoms with Gasteiger partial charge in [0.15, 0.2) is 0 Å². The molecule has 0 aliphatic carbocycles. The summed E-state index contributed by atoms with van der Waals surface area (Å²) in [4.78, 5) is 3.90. The molecule has 0 radical (unpaired) electrons. The van der Waals surface area contributed by atoms with Gasteiger partial charge in [-0.15, -0.1) is 0 Å². The molecule has 0 saturated carbocycles. The van der Waals surface area contributed by atoms with Gasteiger partial charge in [0, 0.05) is 6.20 Å². The van der Waals surface area contributed by atoms with Crippen LogP contribution < -0.4 is 4.74 Å². The van der Waals surface area contributed by atoms with E-state index in [1.165, 1.54) is 0 Å². The lowest BCUT2D eigenvalue weighted by atomic mass is 10.1. The van der Waals surface area contributed by atoms with Gasteiger partial charge in [0.1, 0.15) is 24.1 Å². The predicted octanol–water partition coefficient (Wildman–Crippen LogP) is 2.59. The highest BCUT2D eigenvalue weighted by Gasteiger charge is 2.03. The first-order valence-corrected chi connectivity index (χ1v) is 5.95. The van der Waals surface area contributed by atoms with Gasteiger partial charge in [0.05, 0.1) is 6.10 Å². The van der Waals surface area contributed by atoms with E-state index in [1.54, 1.807) is 31.3 Å². The molecule has 0 unspecified atom stereocenters. The molecule has 0 spiro atoms. The van der Waals surface area contributed by atoms with Crippen molar-refractivity contribution in [2.75, 3.05) is 0 Å². The van der Waals surface area contributed by atoms with Crippen molar-refractivity contribution in [1.82, 2.24) is 4.98 Å². The summed E-state index contributed by atoms with van der Waals surface area (Å²) in [5, 5.41) is 18.3. The van der Waals surface area contributed by atoms with Gasteiger partial charge in [-0.05, 0) is 42.3 Å². The Bertz CT molecular complexity index is 603. The Labute approximate surface area is 111 Å². The minimum atomic E-state index is -0.519. The number of aliphatic hydroxyl groups excluding tert-OH is 1. The number of ether oxygens (including phenoxy) is 1. The van der Waals surface area contributed by atoms with Crippen molar-refractivity contribution >= 4 is 0 Å². The first-order chi connectivity index (χ1) is 9.19. The third-order valence-corrected chi connectivity index (χ3v) is 2.68. The van der Waals surface area contributed by atoms with E-state index in [2.05, 4.69) is 4.98 Å². The second-order valence-corrected chi connectivity index (χ2v) is 4.20. The predicted molar refractivity (Wildman–Crippen MR) is 70.4 cm³/mol. The summed E-state index contributed by atoms with van der Waals surface area (Å²) >= 11 is 0. The molecule has 4 nitrogen and oxygen atoms in total. The van der Waals surface area contributed by atoms with E-state index in [-0.39, 0.29) is 0 Å². The van der Waals surface area contributed by atoms with Crippen LogP contribution in [-0.2, 0) is 6.61 Å². The number of rotatable bonds is 4. The van der Waals surface area contributed by atoms with E-state index in [4.69, 9.17) is 10.00 Å². The minimum Gasteiger partial charge on any atom is -0.489 e. The van der Waals surface area contributed by atoms with E-state index >= 15 is 0 Å². The quantitative estimate of drug-likeness (QED) is 0.910. The zero-order chi connectivity index (χ0) is 13.7. The van der Waals surface area contributed by atoms with Crippen molar-refractivity contribution in [3.8, 4) is 11.8 Å². The Morgan fingerprint density at radius 3 is 2.95 bits per heavy atom. The van der Waals surface area contributed by atoms with Gasteiger partial charge < -0.3 is 9.84 Å². The van der Waals surface area contributed by atoms with Crippen molar-refractivity contribution in [2.45, 2.75) is 19.6 Å². The van der Waals surface area contributed by atoms with Gasteiger partial charge in [-0.1, -0.05) is 12.1 Å². The summed E-state index contributed by atoms with van der Waals surface area (Å²) in [6.07, 6.45) is 1.07. The molecule has 4 heteroatoms. The SMILES string of the molecule is C[C@@H](O)c1cccc(OCc2ccnc(C#N)c2)c1. The van der Waals surface area contributed by atoms with Crippen LogP contribution in [0.5, 0.6) is 5.75 Å². The van der Waals surface area contributed by atoms with Crippen molar-refractivity contribution in [1.29, 1.82) is 5.26 Å². The Kier molecular flexibility index (Phi) is 4.11. The first kappa shape index (κ1) is 13.1. The molecule has 0 bridgehead atoms. The molecule has 2 aromatic rings. The largest absolute Gasteiger partial charge is 0.489 e. The van der Waals surface area contributed by atoms with Crippen LogP contribution in [0.2, 0.25) is 0 Å². The smallest absolute Gasteiger partial charge is 0.140 e. The van der Waals surface area contributed by atoms with Crippen molar-refractivity contribution < 1.29 is 9.84 Å². The molecule has 1 atom stereocenters. The Hall–Kier alpha value is -2.38. The molecule has 2 rings (SSSR count). The van der Waals surface area contributed by atoms with Crippen molar-refractivity contribution in [3.63, 3.8) is 0 Å². The third kappa shape index (κ3) is 3.54. The van der Waals surface area contributed by atoms with Crippen LogP contribution in [-0.4, -0.2) is 10.1 Å². The van der Waals surface area contributed by atoms with Crippen LogP contribution in [0.4, 0.5) is 0 Å². The van der Waals surface area contributed by atoms with E-state index < -0.39 is 6.10 Å². The summed E-state index contributed by atoms with van der Waals surface area (Å²) in [6.45, 7) is 2.07. The van der Waals surface area contributed by atoms with Crippen LogP contribution in [0, 0.1) is 11.3 Å². The molecule has 0 saturated heterocycles. The van der Waals surface area contributed by atoms with E-state index in [0.717, 1.165) is 11.1 Å². The number of aliphatic hydroxyl groups is 1. The lowest BCUT2D eigenvalue weighted by Crippen LogP contribution is -1.98. The summed E-state index contributed by atoms with van der Waals surface area (Å²) in [7, 11) is 0. The third-order valence-electron chi connectivity index (χ3n) is 2.68. The lowest BCUT2D eigenvalue weighted by molar-refractivity contribution is 0.198. The number of pyridine rings is 1. The lowest BCUT2D eigenvalue weighted by Gasteiger charge is -2.09. The fraction of sp³-hybridized carbons (Fsp3) is 0.200. The van der Waals surface area contributed by atoms with Gasteiger partial charge in [-0.2, -0.15) is 5.26 Å². The molecule has 19 heavy (non-hydrogen) atoms. The number of nitrogens with zero attached hydrogens (tertiary/aromatic N) is 2. The molecule has 0 aliphatic rings. The number of hydrogen-bond acceptors (Lipinski definition) is 4. The van der Waals surface area contributed by atoms with Crippen LogP contribution >= 0.6 is 0 Å². The molecular formula is C15H14N2O2. The van der Waals surface area contributed by atoms with Gasteiger partial charge in [-0.3, -0.25) is 0 Å². The number of nitriles is 1. The van der Waals surface area contributed by atoms with E-state index in [9.17, 15) is 5.11 Å². The minimum absolute atomic E-state index is 0.362. The Morgan fingerprint density at radius 1 is 1.37 bits per heavy atom. The van der Waals surface area contributed by atoms with Gasteiger partial charge in [-0.25, -0.2) is 4.98 Å². The first-order valence-electron chi connectivity index (χ1n) is 5.95. The fourth-order valence-electron chi connectivity index (χ4n) is 1.66. The topological polar surface area (TPSA) is 66.1 Å². The summed E-state index contributed by atoms with van der Waals surface area (Å²) in [5.41, 5.74) is 2.07. The zero-order valence-corrected chi connectivity index (χ0v) is 10.6. The van der Waals surface area contributed by atoms with Crippen molar-refractivity contribution in [3.05, 3.63) is 59.4 Å². The maximum atomic E-state index is 9.50. The number of aromatic nitrogens is 1. The van der Waals surface area contributed by atoms with Gasteiger partial charge in [0.25, 0.3) is 0 Å². The van der Waals surface area contributed by atoms with Crippen molar-refractivity contribution in [2.24, 2.45) is 0 Å². The molecule has 0 aliphatic heterocycles. The normalized spacial score (nSPS) is 11.6. The van der Waals surface area contributed by atoms with Crippen LogP contribution in [0.1, 0.15) is 29.8 Å². The summed E-state index contributed by atoms with van der Waals surface area (Å²) < 4.78 is 5.63. The highest BCUT2D eigenvalue weighted by molar-refractivity contribution is 5.30. The second kappa shape index (κ2) is 5.98. The highest BCUT2D eigenvalue weighted by Crippen LogP contribution is 2.19. The average Bonchev–Trinajstić information content (AvgIpc) is 2.45. The molecule has 1 N–H and O–H groups in total. The average molecular weight is 254 g/mol. The van der Waals surface area contributed by atoms with Gasteiger partial charge in [0.2, 0.25) is 0 Å². The molecule has 0 amide bonds. The maximum Gasteiger partial charge on any atom is 0.140 e. The number of hydrogen-bond donors (Lipinski definition) is 1. The summed E-state index contributed by atoms with van der Waals surface area (Å²) in [6, 6.07) is 12.8. The summed E-state index contributed by atoms with van der Waals surface area (Å²) in [5.74, 6) is 0.689. The Morgan fingerprint density at radius 2 is 2.21 bits per heavy atom. The maximum absolute atomic E-state index is 9.50. The van der Waals surface area contributed by atoms with Crippen LogP contribution in [0.25, 0.3) is 0 Å². The monoisotopic (exact) mass is 254 g/mol. The molecule has 1 aromatic carbocycles. The van der Waals surface area contributed by atoms with E-state index in [0.29, 0.717) is 18.1 Å². The fourth-order valence-corrected chi connectivity index (χ4v) is 1.66. The standard InChI is InChI=1S/C15H14N2O2/c1-11(18)13-3-2-4-15(8-13)19-10-12-5-6-17-14(7-12)9-16/h2-8,11,18H,10H2,1H3/t11-/m1/s1. The molecule has 1 heterocycles. The molecule has 0 fully saturated rings. The molecule has 96 valence electrons.